The highest BCUT2D eigenvalue weighted by Gasteiger charge is 2.36. The van der Waals surface area contributed by atoms with E-state index in [9.17, 15) is 9.18 Å². The van der Waals surface area contributed by atoms with E-state index in [-0.39, 0.29) is 12.3 Å². The van der Waals surface area contributed by atoms with Crippen LogP contribution in [-0.2, 0) is 4.79 Å². The molecule has 0 aromatic rings. The Morgan fingerprint density at radius 3 is 2.86 bits per heavy atom. The van der Waals surface area contributed by atoms with Crippen LogP contribution in [0.5, 0.6) is 0 Å². The zero-order valence-electron chi connectivity index (χ0n) is 8.31. The predicted molar refractivity (Wildman–Crippen MR) is 51.7 cm³/mol. The zero-order chi connectivity index (χ0) is 10.0. The van der Waals surface area contributed by atoms with E-state index >= 15 is 0 Å². The third-order valence-electron chi connectivity index (χ3n) is 3.14. The Bertz CT molecular complexity index is 222. The molecule has 1 unspecified atom stereocenters. The van der Waals surface area contributed by atoms with Gasteiger partial charge in [-0.25, -0.2) is 4.39 Å². The van der Waals surface area contributed by atoms with E-state index in [1.807, 2.05) is 0 Å². The van der Waals surface area contributed by atoms with Crippen LogP contribution in [0, 0.1) is 0 Å². The molecule has 2 aliphatic rings. The topological polar surface area (TPSA) is 41.1 Å². The number of halogens is 1. The maximum absolute atomic E-state index is 13.8. The lowest BCUT2D eigenvalue weighted by Gasteiger charge is -2.27. The van der Waals surface area contributed by atoms with Crippen molar-refractivity contribution in [3.05, 3.63) is 0 Å². The van der Waals surface area contributed by atoms with E-state index in [0.29, 0.717) is 25.6 Å². The van der Waals surface area contributed by atoms with Crippen LogP contribution in [0.1, 0.15) is 32.1 Å². The van der Waals surface area contributed by atoms with E-state index < -0.39 is 5.67 Å². The molecule has 1 saturated carbocycles. The third-order valence-corrected chi connectivity index (χ3v) is 3.14. The molecule has 1 saturated heterocycles. The van der Waals surface area contributed by atoms with Gasteiger partial charge in [-0.05, 0) is 32.2 Å². The Morgan fingerprint density at radius 2 is 2.36 bits per heavy atom. The number of nitrogens with one attached hydrogen (secondary N) is 2. The van der Waals surface area contributed by atoms with Crippen LogP contribution in [0.2, 0.25) is 0 Å². The van der Waals surface area contributed by atoms with E-state index in [1.54, 1.807) is 0 Å². The smallest absolute Gasteiger partial charge is 0.223 e. The molecule has 14 heavy (non-hydrogen) atoms. The molecule has 1 heterocycles. The average Bonchev–Trinajstić information content (AvgIpc) is 2.44. The molecule has 2 N–H and O–H groups in total. The lowest BCUT2D eigenvalue weighted by Crippen LogP contribution is -2.43. The molecule has 4 heteroatoms. The molecule has 1 aliphatic heterocycles. The van der Waals surface area contributed by atoms with Gasteiger partial charge in [0.25, 0.3) is 0 Å². The molecule has 1 amide bonds. The second kappa shape index (κ2) is 3.85. The van der Waals surface area contributed by atoms with E-state index in [4.69, 9.17) is 0 Å². The Kier molecular flexibility index (Phi) is 2.72. The molecule has 2 fully saturated rings. The van der Waals surface area contributed by atoms with Gasteiger partial charge in [0.15, 0.2) is 0 Å². The minimum absolute atomic E-state index is 0.0243. The van der Waals surface area contributed by atoms with Crippen LogP contribution < -0.4 is 10.6 Å². The third kappa shape index (κ3) is 2.23. The van der Waals surface area contributed by atoms with Crippen molar-refractivity contribution in [1.82, 2.24) is 10.6 Å². The Hall–Kier alpha value is -0.640. The first-order chi connectivity index (χ1) is 6.68. The van der Waals surface area contributed by atoms with Gasteiger partial charge in [0, 0.05) is 12.6 Å². The molecule has 0 spiro atoms. The van der Waals surface area contributed by atoms with Gasteiger partial charge in [-0.2, -0.15) is 0 Å². The van der Waals surface area contributed by atoms with Crippen LogP contribution in [0.4, 0.5) is 4.39 Å². The van der Waals surface area contributed by atoms with Crippen LogP contribution in [0.15, 0.2) is 0 Å². The van der Waals surface area contributed by atoms with Gasteiger partial charge >= 0.3 is 0 Å². The lowest BCUT2D eigenvalue weighted by atomic mass is 9.92. The monoisotopic (exact) mass is 200 g/mol. The molecule has 0 aromatic carbocycles. The highest BCUT2D eigenvalue weighted by molar-refractivity contribution is 5.77. The summed E-state index contributed by atoms with van der Waals surface area (Å²) in [5, 5.41) is 5.81. The molecule has 80 valence electrons. The number of carbonyl (C=O) groups is 1. The highest BCUT2D eigenvalue weighted by atomic mass is 19.1. The van der Waals surface area contributed by atoms with Crippen molar-refractivity contribution in [2.75, 3.05) is 13.1 Å². The van der Waals surface area contributed by atoms with Crippen molar-refractivity contribution >= 4 is 5.91 Å². The summed E-state index contributed by atoms with van der Waals surface area (Å²) < 4.78 is 13.8. The van der Waals surface area contributed by atoms with Crippen molar-refractivity contribution in [3.63, 3.8) is 0 Å². The minimum atomic E-state index is -1.30. The molecule has 1 atom stereocenters. The fourth-order valence-corrected chi connectivity index (χ4v) is 1.98. The second-order valence-electron chi connectivity index (χ2n) is 4.45. The van der Waals surface area contributed by atoms with Crippen molar-refractivity contribution in [2.24, 2.45) is 0 Å². The molecule has 1 aliphatic carbocycles. The van der Waals surface area contributed by atoms with Gasteiger partial charge < -0.3 is 10.6 Å². The summed E-state index contributed by atoms with van der Waals surface area (Å²) in [5.74, 6) is -0.124. The number of hydrogen-bond donors (Lipinski definition) is 2. The average molecular weight is 200 g/mol. The summed E-state index contributed by atoms with van der Waals surface area (Å²) in [6.07, 6.45) is 3.79. The molecular weight excluding hydrogens is 183 g/mol. The summed E-state index contributed by atoms with van der Waals surface area (Å²) in [5.41, 5.74) is -1.30. The molecule has 0 aromatic heterocycles. The maximum atomic E-state index is 13.8. The Morgan fingerprint density at radius 1 is 1.57 bits per heavy atom. The Balaban J connectivity index is 1.75. The van der Waals surface area contributed by atoms with Crippen molar-refractivity contribution < 1.29 is 9.18 Å². The molecular formula is C10H17FN2O. The number of alkyl halides is 1. The van der Waals surface area contributed by atoms with Gasteiger partial charge in [0.05, 0.1) is 6.42 Å². The van der Waals surface area contributed by atoms with E-state index in [0.717, 1.165) is 12.8 Å². The van der Waals surface area contributed by atoms with Crippen molar-refractivity contribution in [1.29, 1.82) is 0 Å². The minimum Gasteiger partial charge on any atom is -0.353 e. The molecule has 0 radical (unpaired) electrons. The molecule has 0 bridgehead atoms. The quantitative estimate of drug-likeness (QED) is 0.705. The first-order valence-electron chi connectivity index (χ1n) is 5.37. The van der Waals surface area contributed by atoms with Crippen LogP contribution in [0.25, 0.3) is 0 Å². The van der Waals surface area contributed by atoms with Crippen LogP contribution >= 0.6 is 0 Å². The lowest BCUT2D eigenvalue weighted by molar-refractivity contribution is -0.124. The second-order valence-corrected chi connectivity index (χ2v) is 4.45. The van der Waals surface area contributed by atoms with Crippen LogP contribution in [0.3, 0.4) is 0 Å². The SMILES string of the molecule is O=C(CC1(F)CCNC1)NC1CCC1. The van der Waals surface area contributed by atoms with E-state index in [1.165, 1.54) is 6.42 Å². The summed E-state index contributed by atoms with van der Waals surface area (Å²) in [6.45, 7) is 1.01. The van der Waals surface area contributed by atoms with E-state index in [2.05, 4.69) is 10.6 Å². The standard InChI is InChI=1S/C10H17FN2O/c11-10(4-5-12-7-10)6-9(14)13-8-2-1-3-8/h8,12H,1-7H2,(H,13,14). The fraction of sp³-hybridized carbons (Fsp3) is 0.900. The van der Waals surface area contributed by atoms with Crippen molar-refractivity contribution in [2.45, 2.75) is 43.8 Å². The number of amides is 1. The fourth-order valence-electron chi connectivity index (χ4n) is 1.98. The zero-order valence-corrected chi connectivity index (χ0v) is 8.31. The Labute approximate surface area is 83.4 Å². The van der Waals surface area contributed by atoms with Gasteiger partial charge in [0.1, 0.15) is 5.67 Å². The normalized spacial score (nSPS) is 32.6. The summed E-state index contributed by atoms with van der Waals surface area (Å²) >= 11 is 0. The number of hydrogen-bond acceptors (Lipinski definition) is 2. The van der Waals surface area contributed by atoms with Gasteiger partial charge in [-0.3, -0.25) is 4.79 Å². The van der Waals surface area contributed by atoms with Crippen LogP contribution in [-0.4, -0.2) is 30.7 Å². The number of carbonyl (C=O) groups excluding carboxylic acids is 1. The number of rotatable bonds is 3. The molecule has 2 rings (SSSR count). The predicted octanol–water partition coefficient (Wildman–Crippen LogP) is 0.747. The van der Waals surface area contributed by atoms with Gasteiger partial charge in [0.2, 0.25) is 5.91 Å². The summed E-state index contributed by atoms with van der Waals surface area (Å²) in [4.78, 5) is 11.4. The van der Waals surface area contributed by atoms with Gasteiger partial charge in [-0.15, -0.1) is 0 Å². The summed E-state index contributed by atoms with van der Waals surface area (Å²) in [7, 11) is 0. The highest BCUT2D eigenvalue weighted by Crippen LogP contribution is 2.24. The first kappa shape index (κ1) is 9.90. The first-order valence-corrected chi connectivity index (χ1v) is 5.37. The molecule has 3 nitrogen and oxygen atoms in total. The maximum Gasteiger partial charge on any atom is 0.223 e. The van der Waals surface area contributed by atoms with Crippen molar-refractivity contribution in [3.8, 4) is 0 Å². The van der Waals surface area contributed by atoms with Gasteiger partial charge in [-0.1, -0.05) is 0 Å². The largest absolute Gasteiger partial charge is 0.353 e. The summed E-state index contributed by atoms with van der Waals surface area (Å²) in [6, 6.07) is 0.320.